The molecule has 2 heteroatoms. The summed E-state index contributed by atoms with van der Waals surface area (Å²) in [7, 11) is 0. The van der Waals surface area contributed by atoms with Crippen molar-refractivity contribution in [2.45, 2.75) is 52.6 Å². The van der Waals surface area contributed by atoms with E-state index in [-0.39, 0.29) is 6.10 Å². The molecular weight excluding hydrogens is 198 g/mol. The summed E-state index contributed by atoms with van der Waals surface area (Å²) in [5, 5.41) is 9.85. The minimum atomic E-state index is -0.193. The number of aromatic nitrogens is 1. The Labute approximate surface area is 98.7 Å². The zero-order chi connectivity index (χ0) is 12.0. The molecule has 1 aromatic heterocycles. The molecule has 90 valence electrons. The lowest BCUT2D eigenvalue weighted by Gasteiger charge is -2.20. The molecule has 0 fully saturated rings. The van der Waals surface area contributed by atoms with E-state index in [4.69, 9.17) is 0 Å². The first kappa shape index (κ1) is 13.2. The van der Waals surface area contributed by atoms with Gasteiger partial charge in [0.05, 0.1) is 6.10 Å². The molecule has 0 aliphatic carbocycles. The fourth-order valence-electron chi connectivity index (χ4n) is 1.60. The maximum absolute atomic E-state index is 9.85. The largest absolute Gasteiger partial charge is 0.393 e. The normalized spacial score (nSPS) is 13.8. The molecule has 0 amide bonds. The van der Waals surface area contributed by atoms with E-state index in [1.54, 1.807) is 6.20 Å². The third-order valence-electron chi connectivity index (χ3n) is 2.69. The minimum absolute atomic E-state index is 0.193. The van der Waals surface area contributed by atoms with Crippen LogP contribution >= 0.6 is 0 Å². The summed E-state index contributed by atoms with van der Waals surface area (Å²) in [6.45, 7) is 6.62. The summed E-state index contributed by atoms with van der Waals surface area (Å²) >= 11 is 0. The van der Waals surface area contributed by atoms with Gasteiger partial charge in [-0.05, 0) is 43.2 Å². The molecule has 0 bridgehead atoms. The lowest BCUT2D eigenvalue weighted by Crippen LogP contribution is -2.13. The van der Waals surface area contributed by atoms with Crippen molar-refractivity contribution in [2.24, 2.45) is 5.41 Å². The number of aliphatic hydroxyl groups excluding tert-OH is 1. The lowest BCUT2D eigenvalue weighted by molar-refractivity contribution is 0.137. The van der Waals surface area contributed by atoms with E-state index in [2.05, 4.69) is 25.8 Å². The molecule has 1 heterocycles. The standard InChI is InChI=1S/C14H23NO/c1-14(2,3)10-9-13(16)8-7-12-6-4-5-11-15-12/h4-6,11,13,16H,7-10H2,1-3H3. The van der Waals surface area contributed by atoms with Crippen LogP contribution in [0.2, 0.25) is 0 Å². The lowest BCUT2D eigenvalue weighted by atomic mass is 9.88. The Morgan fingerprint density at radius 1 is 1.25 bits per heavy atom. The van der Waals surface area contributed by atoms with Crippen molar-refractivity contribution in [1.29, 1.82) is 0 Å². The van der Waals surface area contributed by atoms with Gasteiger partial charge in [-0.15, -0.1) is 0 Å². The van der Waals surface area contributed by atoms with Crippen molar-refractivity contribution in [3.63, 3.8) is 0 Å². The number of nitrogens with zero attached hydrogens (tertiary/aromatic N) is 1. The van der Waals surface area contributed by atoms with E-state index in [9.17, 15) is 5.11 Å². The summed E-state index contributed by atoms with van der Waals surface area (Å²) in [6, 6.07) is 5.92. The quantitative estimate of drug-likeness (QED) is 0.828. The molecule has 1 unspecified atom stereocenters. The van der Waals surface area contributed by atoms with Crippen molar-refractivity contribution < 1.29 is 5.11 Å². The molecule has 1 rings (SSSR count). The predicted octanol–water partition coefficient (Wildman–Crippen LogP) is 3.20. The number of hydrogen-bond acceptors (Lipinski definition) is 2. The van der Waals surface area contributed by atoms with E-state index < -0.39 is 0 Å². The van der Waals surface area contributed by atoms with Gasteiger partial charge in [-0.2, -0.15) is 0 Å². The third kappa shape index (κ3) is 5.86. The molecule has 0 aliphatic rings. The molecule has 1 N–H and O–H groups in total. The van der Waals surface area contributed by atoms with Gasteiger partial charge in [0, 0.05) is 11.9 Å². The monoisotopic (exact) mass is 221 g/mol. The highest BCUT2D eigenvalue weighted by atomic mass is 16.3. The van der Waals surface area contributed by atoms with Crippen molar-refractivity contribution in [3.8, 4) is 0 Å². The van der Waals surface area contributed by atoms with Crippen LogP contribution < -0.4 is 0 Å². The molecule has 0 saturated heterocycles. The second kappa shape index (κ2) is 6.00. The zero-order valence-corrected chi connectivity index (χ0v) is 10.6. The average molecular weight is 221 g/mol. The number of rotatable bonds is 5. The second-order valence-corrected chi connectivity index (χ2v) is 5.61. The fraction of sp³-hybridized carbons (Fsp3) is 0.643. The summed E-state index contributed by atoms with van der Waals surface area (Å²) in [5.74, 6) is 0. The Kier molecular flexibility index (Phi) is 4.94. The second-order valence-electron chi connectivity index (χ2n) is 5.61. The molecule has 2 nitrogen and oxygen atoms in total. The highest BCUT2D eigenvalue weighted by Crippen LogP contribution is 2.22. The maximum Gasteiger partial charge on any atom is 0.0544 e. The molecule has 0 aromatic carbocycles. The van der Waals surface area contributed by atoms with Crippen LogP contribution in [0.4, 0.5) is 0 Å². The average Bonchev–Trinajstić information content (AvgIpc) is 2.24. The molecule has 0 aliphatic heterocycles. The smallest absolute Gasteiger partial charge is 0.0544 e. The Hall–Kier alpha value is -0.890. The van der Waals surface area contributed by atoms with Crippen LogP contribution in [0.5, 0.6) is 0 Å². The highest BCUT2D eigenvalue weighted by molar-refractivity contribution is 5.03. The van der Waals surface area contributed by atoms with E-state index in [1.807, 2.05) is 18.2 Å². The van der Waals surface area contributed by atoms with Gasteiger partial charge in [0.2, 0.25) is 0 Å². The first-order valence-electron chi connectivity index (χ1n) is 6.05. The van der Waals surface area contributed by atoms with Gasteiger partial charge >= 0.3 is 0 Å². The van der Waals surface area contributed by atoms with Crippen LogP contribution in [0.15, 0.2) is 24.4 Å². The van der Waals surface area contributed by atoms with Gasteiger partial charge < -0.3 is 5.11 Å². The topological polar surface area (TPSA) is 33.1 Å². The molecule has 1 aromatic rings. The number of aliphatic hydroxyl groups is 1. The Morgan fingerprint density at radius 2 is 2.00 bits per heavy atom. The van der Waals surface area contributed by atoms with Gasteiger partial charge in [-0.25, -0.2) is 0 Å². The van der Waals surface area contributed by atoms with Crippen LogP contribution in [-0.2, 0) is 6.42 Å². The zero-order valence-electron chi connectivity index (χ0n) is 10.6. The van der Waals surface area contributed by atoms with Gasteiger partial charge in [0.15, 0.2) is 0 Å². The molecular formula is C14H23NO. The fourth-order valence-corrected chi connectivity index (χ4v) is 1.60. The minimum Gasteiger partial charge on any atom is -0.393 e. The van der Waals surface area contributed by atoms with E-state index in [0.717, 1.165) is 31.4 Å². The number of pyridine rings is 1. The summed E-state index contributed by atoms with van der Waals surface area (Å²) in [5.41, 5.74) is 1.38. The van der Waals surface area contributed by atoms with Crippen LogP contribution in [0.1, 0.15) is 45.7 Å². The third-order valence-corrected chi connectivity index (χ3v) is 2.69. The van der Waals surface area contributed by atoms with Crippen LogP contribution in [0.25, 0.3) is 0 Å². The van der Waals surface area contributed by atoms with Gasteiger partial charge in [-0.1, -0.05) is 26.8 Å². The van der Waals surface area contributed by atoms with Crippen molar-refractivity contribution in [3.05, 3.63) is 30.1 Å². The SMILES string of the molecule is CC(C)(C)CCC(O)CCc1ccccn1. The van der Waals surface area contributed by atoms with E-state index in [0.29, 0.717) is 5.41 Å². The summed E-state index contributed by atoms with van der Waals surface area (Å²) in [6.07, 6.45) is 5.24. The van der Waals surface area contributed by atoms with Crippen molar-refractivity contribution >= 4 is 0 Å². The van der Waals surface area contributed by atoms with Crippen LogP contribution in [0.3, 0.4) is 0 Å². The van der Waals surface area contributed by atoms with Gasteiger partial charge in [-0.3, -0.25) is 4.98 Å². The first-order chi connectivity index (χ1) is 7.47. The summed E-state index contributed by atoms with van der Waals surface area (Å²) < 4.78 is 0. The Balaban J connectivity index is 2.23. The highest BCUT2D eigenvalue weighted by Gasteiger charge is 2.13. The molecule has 0 spiro atoms. The van der Waals surface area contributed by atoms with Crippen LogP contribution in [-0.4, -0.2) is 16.2 Å². The van der Waals surface area contributed by atoms with E-state index >= 15 is 0 Å². The molecule has 1 atom stereocenters. The molecule has 16 heavy (non-hydrogen) atoms. The van der Waals surface area contributed by atoms with Crippen molar-refractivity contribution in [1.82, 2.24) is 4.98 Å². The first-order valence-corrected chi connectivity index (χ1v) is 6.05. The van der Waals surface area contributed by atoms with Crippen molar-refractivity contribution in [2.75, 3.05) is 0 Å². The van der Waals surface area contributed by atoms with Crippen LogP contribution in [0, 0.1) is 5.41 Å². The Bertz CT molecular complexity index is 289. The number of hydrogen-bond donors (Lipinski definition) is 1. The molecule has 0 radical (unpaired) electrons. The van der Waals surface area contributed by atoms with Gasteiger partial charge in [0.25, 0.3) is 0 Å². The maximum atomic E-state index is 9.85. The predicted molar refractivity (Wildman–Crippen MR) is 67.3 cm³/mol. The van der Waals surface area contributed by atoms with E-state index in [1.165, 1.54) is 0 Å². The van der Waals surface area contributed by atoms with Gasteiger partial charge in [0.1, 0.15) is 0 Å². The molecule has 0 saturated carbocycles. The number of aryl methyl sites for hydroxylation is 1. The summed E-state index contributed by atoms with van der Waals surface area (Å²) in [4.78, 5) is 4.25. The Morgan fingerprint density at radius 3 is 2.56 bits per heavy atom.